The molecule has 8 nitrogen and oxygen atoms in total. The van der Waals surface area contributed by atoms with Crippen molar-refractivity contribution in [2.75, 3.05) is 33.4 Å². The molecule has 1 N–H and O–H groups in total. The van der Waals surface area contributed by atoms with Crippen LogP contribution in [0.1, 0.15) is 15.4 Å². The molecule has 2 aromatic carbocycles. The van der Waals surface area contributed by atoms with Crippen LogP contribution in [0.25, 0.3) is 11.3 Å². The quantitative estimate of drug-likeness (QED) is 0.567. The van der Waals surface area contributed by atoms with Gasteiger partial charge in [0.15, 0.2) is 0 Å². The van der Waals surface area contributed by atoms with E-state index >= 15 is 0 Å². The highest BCUT2D eigenvalue weighted by Crippen LogP contribution is 2.28. The maximum absolute atomic E-state index is 13.1. The molecule has 0 saturated carbocycles. The van der Waals surface area contributed by atoms with Gasteiger partial charge in [-0.2, -0.15) is 4.31 Å². The van der Waals surface area contributed by atoms with Crippen molar-refractivity contribution in [2.24, 2.45) is 0 Å². The maximum atomic E-state index is 13.1. The lowest BCUT2D eigenvalue weighted by molar-refractivity contribution is 0.0729. The van der Waals surface area contributed by atoms with E-state index in [0.29, 0.717) is 13.2 Å². The minimum Gasteiger partial charge on any atom is -0.495 e. The van der Waals surface area contributed by atoms with Gasteiger partial charge in [-0.25, -0.2) is 13.4 Å². The molecule has 0 spiro atoms. The Hall–Kier alpha value is -2.79. The van der Waals surface area contributed by atoms with E-state index in [1.54, 1.807) is 6.07 Å². The van der Waals surface area contributed by atoms with Crippen LogP contribution in [-0.2, 0) is 21.3 Å². The van der Waals surface area contributed by atoms with E-state index in [0.717, 1.165) is 16.3 Å². The number of amides is 1. The summed E-state index contributed by atoms with van der Waals surface area (Å²) in [6, 6.07) is 14.2. The lowest BCUT2D eigenvalue weighted by atomic mass is 10.2. The maximum Gasteiger partial charge on any atom is 0.251 e. The lowest BCUT2D eigenvalue weighted by Crippen LogP contribution is -2.40. The third-order valence-electron chi connectivity index (χ3n) is 5.04. The van der Waals surface area contributed by atoms with E-state index in [2.05, 4.69) is 10.3 Å². The van der Waals surface area contributed by atoms with Crippen molar-refractivity contribution in [3.05, 3.63) is 64.5 Å². The molecule has 2 heterocycles. The number of methoxy groups -OCH3 is 1. The van der Waals surface area contributed by atoms with E-state index in [1.807, 2.05) is 35.7 Å². The molecule has 168 valence electrons. The third kappa shape index (κ3) is 4.83. The average molecular weight is 474 g/mol. The van der Waals surface area contributed by atoms with Gasteiger partial charge in [0.05, 0.1) is 32.6 Å². The summed E-state index contributed by atoms with van der Waals surface area (Å²) in [7, 11) is -2.41. The van der Waals surface area contributed by atoms with Crippen molar-refractivity contribution < 1.29 is 22.7 Å². The number of nitrogens with zero attached hydrogens (tertiary/aromatic N) is 2. The number of aromatic nitrogens is 1. The van der Waals surface area contributed by atoms with Crippen LogP contribution in [0.5, 0.6) is 5.75 Å². The fraction of sp³-hybridized carbons (Fsp3) is 0.273. The molecule has 0 radical (unpaired) electrons. The highest BCUT2D eigenvalue weighted by Gasteiger charge is 2.30. The number of ether oxygens (including phenoxy) is 2. The molecule has 1 aromatic heterocycles. The molecule has 1 fully saturated rings. The van der Waals surface area contributed by atoms with Gasteiger partial charge < -0.3 is 14.8 Å². The number of sulfonamides is 1. The van der Waals surface area contributed by atoms with Crippen LogP contribution >= 0.6 is 11.3 Å². The monoisotopic (exact) mass is 473 g/mol. The first-order chi connectivity index (χ1) is 15.5. The first-order valence-electron chi connectivity index (χ1n) is 10.0. The van der Waals surface area contributed by atoms with Gasteiger partial charge in [-0.3, -0.25) is 4.79 Å². The van der Waals surface area contributed by atoms with Gasteiger partial charge >= 0.3 is 0 Å². The predicted molar refractivity (Wildman–Crippen MR) is 121 cm³/mol. The summed E-state index contributed by atoms with van der Waals surface area (Å²) in [6.45, 7) is 1.43. The highest BCUT2D eigenvalue weighted by molar-refractivity contribution is 7.89. The molecule has 0 bridgehead atoms. The van der Waals surface area contributed by atoms with Crippen LogP contribution in [0.2, 0.25) is 0 Å². The number of carbonyl (C=O) groups is 1. The number of nitrogens with one attached hydrogen (secondary N) is 1. The van der Waals surface area contributed by atoms with Gasteiger partial charge in [-0.1, -0.05) is 30.3 Å². The summed E-state index contributed by atoms with van der Waals surface area (Å²) in [5.41, 5.74) is 2.09. The molecule has 3 aromatic rings. The zero-order valence-corrected chi connectivity index (χ0v) is 19.1. The van der Waals surface area contributed by atoms with Crippen molar-refractivity contribution in [3.8, 4) is 17.0 Å². The second-order valence-corrected chi connectivity index (χ2v) is 9.91. The van der Waals surface area contributed by atoms with Crippen molar-refractivity contribution in [3.63, 3.8) is 0 Å². The Labute approximate surface area is 190 Å². The van der Waals surface area contributed by atoms with Crippen LogP contribution in [0.3, 0.4) is 0 Å². The summed E-state index contributed by atoms with van der Waals surface area (Å²) in [5, 5.41) is 5.51. The van der Waals surface area contributed by atoms with Crippen LogP contribution in [0.15, 0.2) is 58.8 Å². The minimum absolute atomic E-state index is 0.0323. The fourth-order valence-electron chi connectivity index (χ4n) is 3.34. The Kier molecular flexibility index (Phi) is 6.85. The largest absolute Gasteiger partial charge is 0.495 e. The molecule has 1 amide bonds. The van der Waals surface area contributed by atoms with E-state index in [4.69, 9.17) is 9.47 Å². The molecule has 1 aliphatic rings. The first kappa shape index (κ1) is 22.4. The molecule has 0 atom stereocenters. The second-order valence-electron chi connectivity index (χ2n) is 7.06. The molecule has 0 aliphatic carbocycles. The average Bonchev–Trinajstić information content (AvgIpc) is 3.32. The normalized spacial score (nSPS) is 14.8. The van der Waals surface area contributed by atoms with E-state index in [1.165, 1.54) is 34.9 Å². The third-order valence-corrected chi connectivity index (χ3v) is 7.80. The number of thiazole rings is 1. The summed E-state index contributed by atoms with van der Waals surface area (Å²) < 4.78 is 38.1. The van der Waals surface area contributed by atoms with Crippen molar-refractivity contribution >= 4 is 27.3 Å². The van der Waals surface area contributed by atoms with Crippen LogP contribution < -0.4 is 10.1 Å². The number of rotatable bonds is 7. The Morgan fingerprint density at radius 3 is 2.66 bits per heavy atom. The van der Waals surface area contributed by atoms with Gasteiger partial charge in [0, 0.05) is 29.6 Å². The van der Waals surface area contributed by atoms with Gasteiger partial charge in [0.1, 0.15) is 15.7 Å². The first-order valence-corrected chi connectivity index (χ1v) is 12.3. The van der Waals surface area contributed by atoms with Gasteiger partial charge in [0.25, 0.3) is 5.91 Å². The van der Waals surface area contributed by atoms with Crippen molar-refractivity contribution in [2.45, 2.75) is 11.4 Å². The smallest absolute Gasteiger partial charge is 0.251 e. The topological polar surface area (TPSA) is 97.8 Å². The molecule has 4 rings (SSSR count). The Bertz CT molecular complexity index is 1190. The highest BCUT2D eigenvalue weighted by atomic mass is 32.2. The molecule has 1 aliphatic heterocycles. The Morgan fingerprint density at radius 2 is 1.94 bits per heavy atom. The van der Waals surface area contributed by atoms with E-state index in [9.17, 15) is 13.2 Å². The molecule has 1 saturated heterocycles. The summed E-state index contributed by atoms with van der Waals surface area (Å²) >= 11 is 1.45. The zero-order chi connectivity index (χ0) is 22.6. The van der Waals surface area contributed by atoms with Crippen LogP contribution in [0.4, 0.5) is 0 Å². The number of morpholine rings is 1. The van der Waals surface area contributed by atoms with Crippen LogP contribution in [0, 0.1) is 0 Å². The zero-order valence-electron chi connectivity index (χ0n) is 17.5. The Morgan fingerprint density at radius 1 is 1.19 bits per heavy atom. The summed E-state index contributed by atoms with van der Waals surface area (Å²) in [4.78, 5) is 17.3. The predicted octanol–water partition coefficient (Wildman–Crippen LogP) is 2.77. The summed E-state index contributed by atoms with van der Waals surface area (Å²) in [5.74, 6) is -0.192. The number of hydrogen-bond donors (Lipinski definition) is 1. The molecule has 10 heteroatoms. The molecule has 0 unspecified atom stereocenters. The van der Waals surface area contributed by atoms with Crippen molar-refractivity contribution in [1.82, 2.24) is 14.6 Å². The molecular formula is C22H23N3O5S2. The second kappa shape index (κ2) is 9.78. The van der Waals surface area contributed by atoms with Crippen LogP contribution in [-0.4, -0.2) is 57.0 Å². The Balaban J connectivity index is 1.49. The SMILES string of the molecule is COc1ccc(C(=O)NCc2nc(-c3ccccc3)cs2)cc1S(=O)(=O)N1CCOCC1. The molecular weight excluding hydrogens is 450 g/mol. The minimum atomic E-state index is -3.82. The molecule has 32 heavy (non-hydrogen) atoms. The van der Waals surface area contributed by atoms with Gasteiger partial charge in [-0.15, -0.1) is 11.3 Å². The number of carbonyl (C=O) groups excluding carboxylic acids is 1. The lowest BCUT2D eigenvalue weighted by Gasteiger charge is -2.26. The van der Waals surface area contributed by atoms with E-state index in [-0.39, 0.29) is 41.7 Å². The number of benzene rings is 2. The van der Waals surface area contributed by atoms with Gasteiger partial charge in [0.2, 0.25) is 10.0 Å². The number of hydrogen-bond acceptors (Lipinski definition) is 7. The standard InChI is InChI=1S/C22H23N3O5S2/c1-29-19-8-7-17(13-20(19)32(27,28)25-9-11-30-12-10-25)22(26)23-14-21-24-18(15-31-21)16-5-3-2-4-6-16/h2-8,13,15H,9-12,14H2,1H3,(H,23,26). The fourth-order valence-corrected chi connectivity index (χ4v) is 5.67. The van der Waals surface area contributed by atoms with Crippen molar-refractivity contribution in [1.29, 1.82) is 0 Å². The summed E-state index contributed by atoms with van der Waals surface area (Å²) in [6.07, 6.45) is 0. The van der Waals surface area contributed by atoms with E-state index < -0.39 is 10.0 Å². The van der Waals surface area contributed by atoms with Gasteiger partial charge in [-0.05, 0) is 18.2 Å².